The zero-order chi connectivity index (χ0) is 14.0. The van der Waals surface area contributed by atoms with E-state index in [9.17, 15) is 5.11 Å². The number of rotatable bonds is 5. The molecule has 20 heavy (non-hydrogen) atoms. The highest BCUT2D eigenvalue weighted by atomic mass is 32.2. The van der Waals surface area contributed by atoms with Gasteiger partial charge in [0.05, 0.1) is 5.60 Å². The maximum Gasteiger partial charge on any atom is 0.0787 e. The van der Waals surface area contributed by atoms with Crippen molar-refractivity contribution in [1.29, 1.82) is 0 Å². The molecule has 1 aliphatic heterocycles. The minimum absolute atomic E-state index is 0.426. The summed E-state index contributed by atoms with van der Waals surface area (Å²) in [6, 6.07) is 9.10. The van der Waals surface area contributed by atoms with E-state index >= 15 is 0 Å². The van der Waals surface area contributed by atoms with E-state index in [1.54, 1.807) is 0 Å². The number of aryl methyl sites for hydroxylation is 1. The number of hydrogen-bond acceptors (Lipinski definition) is 3. The van der Waals surface area contributed by atoms with E-state index in [4.69, 9.17) is 0 Å². The van der Waals surface area contributed by atoms with Crippen LogP contribution in [0.15, 0.2) is 24.3 Å². The van der Waals surface area contributed by atoms with Crippen molar-refractivity contribution < 1.29 is 5.11 Å². The van der Waals surface area contributed by atoms with Crippen LogP contribution in [0.1, 0.15) is 42.9 Å². The molecule has 0 amide bonds. The molecule has 2 fully saturated rings. The molecule has 110 valence electrons. The van der Waals surface area contributed by atoms with Crippen LogP contribution in [0.5, 0.6) is 0 Å². The van der Waals surface area contributed by atoms with Gasteiger partial charge in [-0.2, -0.15) is 11.8 Å². The third kappa shape index (κ3) is 3.38. The Morgan fingerprint density at radius 3 is 2.65 bits per heavy atom. The van der Waals surface area contributed by atoms with Crippen LogP contribution in [-0.4, -0.2) is 28.8 Å². The van der Waals surface area contributed by atoms with Crippen LogP contribution in [0.25, 0.3) is 0 Å². The summed E-state index contributed by atoms with van der Waals surface area (Å²) in [7, 11) is 0. The average molecular weight is 291 g/mol. The summed E-state index contributed by atoms with van der Waals surface area (Å²) in [5.41, 5.74) is 2.30. The zero-order valence-electron chi connectivity index (χ0n) is 12.3. The topological polar surface area (TPSA) is 32.3 Å². The Bertz CT molecular complexity index is 452. The van der Waals surface area contributed by atoms with Gasteiger partial charge in [-0.1, -0.05) is 24.3 Å². The van der Waals surface area contributed by atoms with Gasteiger partial charge in [-0.15, -0.1) is 0 Å². The highest BCUT2D eigenvalue weighted by molar-refractivity contribution is 7.99. The van der Waals surface area contributed by atoms with E-state index in [1.807, 2.05) is 11.8 Å². The van der Waals surface area contributed by atoms with Crippen LogP contribution in [0.2, 0.25) is 0 Å². The van der Waals surface area contributed by atoms with Crippen molar-refractivity contribution in [2.75, 3.05) is 18.1 Å². The first-order valence-corrected chi connectivity index (χ1v) is 8.92. The summed E-state index contributed by atoms with van der Waals surface area (Å²) in [6.45, 7) is 2.93. The Labute approximate surface area is 126 Å². The molecule has 1 aliphatic carbocycles. The minimum atomic E-state index is -0.485. The molecule has 1 saturated carbocycles. The van der Waals surface area contributed by atoms with E-state index in [1.165, 1.54) is 24.0 Å². The monoisotopic (exact) mass is 291 g/mol. The lowest BCUT2D eigenvalue weighted by Crippen LogP contribution is -2.45. The smallest absolute Gasteiger partial charge is 0.0787 e. The molecule has 1 heterocycles. The normalized spacial score (nSPS) is 23.5. The number of thioether (sulfide) groups is 1. The summed E-state index contributed by atoms with van der Waals surface area (Å²) in [4.78, 5) is 0. The molecule has 2 nitrogen and oxygen atoms in total. The van der Waals surface area contributed by atoms with Crippen LogP contribution >= 0.6 is 11.8 Å². The summed E-state index contributed by atoms with van der Waals surface area (Å²) < 4.78 is 0. The molecule has 0 bridgehead atoms. The van der Waals surface area contributed by atoms with Crippen molar-refractivity contribution in [3.8, 4) is 0 Å². The molecule has 1 atom stereocenters. The molecule has 2 N–H and O–H groups in total. The first kappa shape index (κ1) is 14.4. The van der Waals surface area contributed by atoms with Crippen molar-refractivity contribution in [3.63, 3.8) is 0 Å². The summed E-state index contributed by atoms with van der Waals surface area (Å²) in [5, 5.41) is 14.4. The fourth-order valence-electron chi connectivity index (χ4n) is 3.12. The quantitative estimate of drug-likeness (QED) is 0.873. The van der Waals surface area contributed by atoms with Gasteiger partial charge in [0.15, 0.2) is 0 Å². The molecular weight excluding hydrogens is 266 g/mol. The van der Waals surface area contributed by atoms with E-state index in [0.717, 1.165) is 36.8 Å². The van der Waals surface area contributed by atoms with E-state index in [0.29, 0.717) is 6.04 Å². The van der Waals surface area contributed by atoms with Crippen molar-refractivity contribution in [2.45, 2.75) is 44.2 Å². The van der Waals surface area contributed by atoms with Gasteiger partial charge in [0, 0.05) is 12.6 Å². The Kier molecular flexibility index (Phi) is 4.39. The predicted octanol–water partition coefficient (Wildman–Crippen LogP) is 3.29. The molecule has 2 aliphatic rings. The van der Waals surface area contributed by atoms with Gasteiger partial charge in [0.25, 0.3) is 0 Å². The molecule has 0 radical (unpaired) electrons. The van der Waals surface area contributed by atoms with Crippen LogP contribution in [-0.2, 0) is 0 Å². The van der Waals surface area contributed by atoms with Gasteiger partial charge in [-0.25, -0.2) is 0 Å². The fraction of sp³-hybridized carbons (Fsp3) is 0.647. The molecule has 1 aromatic carbocycles. The summed E-state index contributed by atoms with van der Waals surface area (Å²) >= 11 is 1.96. The molecule has 1 unspecified atom stereocenters. The Balaban J connectivity index is 1.68. The highest BCUT2D eigenvalue weighted by Gasteiger charge is 2.36. The van der Waals surface area contributed by atoms with Gasteiger partial charge >= 0.3 is 0 Å². The van der Waals surface area contributed by atoms with Gasteiger partial charge in [-0.05, 0) is 61.2 Å². The number of hydrogen-bond donors (Lipinski definition) is 2. The second kappa shape index (κ2) is 6.08. The molecule has 3 rings (SSSR count). The highest BCUT2D eigenvalue weighted by Crippen LogP contribution is 2.42. The average Bonchev–Trinajstić information content (AvgIpc) is 3.26. The lowest BCUT2D eigenvalue weighted by atomic mass is 9.93. The van der Waals surface area contributed by atoms with E-state index < -0.39 is 5.60 Å². The number of nitrogens with one attached hydrogen (secondary N) is 1. The SMILES string of the molecule is Cc1ccccc1C(NCC1(O)CCSCC1)C1CC1. The van der Waals surface area contributed by atoms with Gasteiger partial charge in [-0.3, -0.25) is 0 Å². The molecular formula is C17H25NOS. The molecule has 1 saturated heterocycles. The number of aliphatic hydroxyl groups is 1. The first-order valence-electron chi connectivity index (χ1n) is 7.77. The summed E-state index contributed by atoms with van der Waals surface area (Å²) in [5.74, 6) is 2.95. The lowest BCUT2D eigenvalue weighted by Gasteiger charge is -2.34. The Morgan fingerprint density at radius 1 is 1.30 bits per heavy atom. The number of benzene rings is 1. The second-order valence-electron chi connectivity index (χ2n) is 6.39. The van der Waals surface area contributed by atoms with Gasteiger partial charge < -0.3 is 10.4 Å². The predicted molar refractivity (Wildman–Crippen MR) is 86.2 cm³/mol. The fourth-order valence-corrected chi connectivity index (χ4v) is 4.38. The van der Waals surface area contributed by atoms with Crippen molar-refractivity contribution in [1.82, 2.24) is 5.32 Å². The van der Waals surface area contributed by atoms with Crippen molar-refractivity contribution in [3.05, 3.63) is 35.4 Å². The van der Waals surface area contributed by atoms with Gasteiger partial charge in [0.1, 0.15) is 0 Å². The molecule has 3 heteroatoms. The maximum absolute atomic E-state index is 10.7. The van der Waals surface area contributed by atoms with Gasteiger partial charge in [0.2, 0.25) is 0 Å². The van der Waals surface area contributed by atoms with E-state index in [2.05, 4.69) is 36.5 Å². The second-order valence-corrected chi connectivity index (χ2v) is 7.61. The minimum Gasteiger partial charge on any atom is -0.389 e. The Morgan fingerprint density at radius 2 is 2.00 bits per heavy atom. The Hall–Kier alpha value is -0.510. The first-order chi connectivity index (χ1) is 9.68. The van der Waals surface area contributed by atoms with E-state index in [-0.39, 0.29) is 0 Å². The van der Waals surface area contributed by atoms with Crippen molar-refractivity contribution >= 4 is 11.8 Å². The standard InChI is InChI=1S/C17H25NOS/c1-13-4-2-3-5-15(13)16(14-6-7-14)18-12-17(19)8-10-20-11-9-17/h2-5,14,16,18-19H,6-12H2,1H3. The van der Waals surface area contributed by atoms with Crippen LogP contribution in [0, 0.1) is 12.8 Å². The molecule has 0 spiro atoms. The lowest BCUT2D eigenvalue weighted by molar-refractivity contribution is 0.0288. The third-order valence-corrected chi connectivity index (χ3v) is 5.68. The largest absolute Gasteiger partial charge is 0.389 e. The summed E-state index contributed by atoms with van der Waals surface area (Å²) in [6.07, 6.45) is 4.49. The zero-order valence-corrected chi connectivity index (χ0v) is 13.1. The molecule has 0 aromatic heterocycles. The maximum atomic E-state index is 10.7. The molecule has 1 aromatic rings. The van der Waals surface area contributed by atoms with Crippen LogP contribution in [0.3, 0.4) is 0 Å². The van der Waals surface area contributed by atoms with Crippen LogP contribution in [0.4, 0.5) is 0 Å². The van der Waals surface area contributed by atoms with Crippen LogP contribution < -0.4 is 5.32 Å². The third-order valence-electron chi connectivity index (χ3n) is 4.69. The van der Waals surface area contributed by atoms with Crippen molar-refractivity contribution in [2.24, 2.45) is 5.92 Å².